The molecule has 1 saturated carbocycles. The summed E-state index contributed by atoms with van der Waals surface area (Å²) in [4.78, 5) is 4.82. The van der Waals surface area contributed by atoms with Gasteiger partial charge in [0.25, 0.3) is 0 Å². The molecule has 0 spiro atoms. The summed E-state index contributed by atoms with van der Waals surface area (Å²) in [6.07, 6.45) is 8.31. The van der Waals surface area contributed by atoms with Crippen LogP contribution in [0.2, 0.25) is 0 Å². The Morgan fingerprint density at radius 1 is 1.17 bits per heavy atom. The lowest BCUT2D eigenvalue weighted by atomic mass is 9.79. The van der Waals surface area contributed by atoms with Crippen LogP contribution in [0.25, 0.3) is 0 Å². The molecule has 30 heavy (non-hydrogen) atoms. The van der Waals surface area contributed by atoms with Crippen LogP contribution in [0.3, 0.4) is 0 Å². The molecule has 1 fully saturated rings. The van der Waals surface area contributed by atoms with Crippen LogP contribution in [0.5, 0.6) is 0 Å². The number of nitrogens with one attached hydrogen (secondary N) is 2. The van der Waals surface area contributed by atoms with Gasteiger partial charge in [0.15, 0.2) is 11.8 Å². The number of nitrogens with zero attached hydrogens (tertiary/aromatic N) is 4. The number of aromatic nitrogens is 3. The second kappa shape index (κ2) is 12.5. The number of guanidine groups is 1. The van der Waals surface area contributed by atoms with Crippen molar-refractivity contribution in [1.29, 1.82) is 0 Å². The molecule has 0 bridgehead atoms. The fourth-order valence-electron chi connectivity index (χ4n) is 4.00. The quantitative estimate of drug-likeness (QED) is 0.217. The zero-order chi connectivity index (χ0) is 20.5. The average Bonchev–Trinajstić information content (AvgIpc) is 3.36. The Labute approximate surface area is 202 Å². The van der Waals surface area contributed by atoms with Gasteiger partial charge in [-0.3, -0.25) is 0 Å². The van der Waals surface area contributed by atoms with Crippen LogP contribution >= 0.6 is 35.7 Å². The minimum absolute atomic E-state index is 0. The third-order valence-electron chi connectivity index (χ3n) is 5.92. The smallest absolute Gasteiger partial charge is 0.191 e. The first kappa shape index (κ1) is 25.0. The maximum absolute atomic E-state index is 4.82. The van der Waals surface area contributed by atoms with Gasteiger partial charge in [0.2, 0.25) is 0 Å². The fraction of sp³-hybridized carbons (Fsp3) is 0.591. The van der Waals surface area contributed by atoms with Crippen molar-refractivity contribution in [2.24, 2.45) is 12.0 Å². The van der Waals surface area contributed by atoms with Gasteiger partial charge in [0.05, 0.1) is 0 Å². The molecule has 0 radical (unpaired) electrons. The lowest BCUT2D eigenvalue weighted by Gasteiger charge is -2.31. The van der Waals surface area contributed by atoms with Gasteiger partial charge in [-0.25, -0.2) is 4.99 Å². The topological polar surface area (TPSA) is 67.1 Å². The fourth-order valence-corrected chi connectivity index (χ4v) is 4.43. The predicted octanol–water partition coefficient (Wildman–Crippen LogP) is 4.04. The molecule has 6 nitrogen and oxygen atoms in total. The molecular weight excluding hydrogens is 507 g/mol. The van der Waals surface area contributed by atoms with Gasteiger partial charge in [-0.15, -0.1) is 34.2 Å². The molecular formula is C22H35IN6S. The molecule has 2 N–H and O–H groups in total. The van der Waals surface area contributed by atoms with E-state index >= 15 is 0 Å². The molecule has 1 aromatic heterocycles. The molecule has 1 aliphatic rings. The first-order valence-corrected chi connectivity index (χ1v) is 12.0. The summed E-state index contributed by atoms with van der Waals surface area (Å²) in [7, 11) is 1.99. The highest BCUT2D eigenvalue weighted by Gasteiger charge is 2.35. The van der Waals surface area contributed by atoms with Crippen molar-refractivity contribution in [3.8, 4) is 0 Å². The van der Waals surface area contributed by atoms with Gasteiger partial charge in [-0.05, 0) is 43.8 Å². The minimum atomic E-state index is 0. The van der Waals surface area contributed by atoms with Gasteiger partial charge in [-0.2, -0.15) is 11.8 Å². The number of halogens is 1. The third kappa shape index (κ3) is 6.60. The van der Waals surface area contributed by atoms with E-state index in [1.165, 1.54) is 31.2 Å². The number of benzene rings is 1. The summed E-state index contributed by atoms with van der Waals surface area (Å²) in [5.74, 6) is 3.81. The number of hydrogen-bond donors (Lipinski definition) is 2. The second-order valence-corrected chi connectivity index (χ2v) is 8.85. The standard InChI is InChI=1S/C22H34N6S.HI/c1-18-26-27-20(28(18)2)16-24-21(23-14-9-15-29-3)25-17-22(12-7-8-13-22)19-10-5-4-6-11-19;/h4-6,10-11H,7-9,12-17H2,1-3H3,(H2,23,24,25);1H. The summed E-state index contributed by atoms with van der Waals surface area (Å²) in [5, 5.41) is 15.5. The highest BCUT2D eigenvalue weighted by atomic mass is 127. The SMILES string of the molecule is CSCCCNC(=NCc1nnc(C)n1C)NCC1(c2ccccc2)CCCC1.I. The van der Waals surface area contributed by atoms with Crippen molar-refractivity contribution in [3.05, 3.63) is 47.5 Å². The van der Waals surface area contributed by atoms with Gasteiger partial charge < -0.3 is 15.2 Å². The molecule has 0 saturated heterocycles. The lowest BCUT2D eigenvalue weighted by Crippen LogP contribution is -2.45. The summed E-state index contributed by atoms with van der Waals surface area (Å²) in [6.45, 7) is 4.31. The number of rotatable bonds is 9. The maximum atomic E-state index is 4.82. The molecule has 8 heteroatoms. The third-order valence-corrected chi connectivity index (χ3v) is 6.62. The highest BCUT2D eigenvalue weighted by Crippen LogP contribution is 2.40. The van der Waals surface area contributed by atoms with E-state index < -0.39 is 0 Å². The Morgan fingerprint density at radius 2 is 1.90 bits per heavy atom. The zero-order valence-electron chi connectivity index (χ0n) is 18.4. The molecule has 1 heterocycles. The summed E-state index contributed by atoms with van der Waals surface area (Å²) in [5.41, 5.74) is 1.64. The van der Waals surface area contributed by atoms with E-state index in [2.05, 4.69) is 57.4 Å². The number of thioether (sulfide) groups is 1. The zero-order valence-corrected chi connectivity index (χ0v) is 21.5. The van der Waals surface area contributed by atoms with Gasteiger partial charge in [0.1, 0.15) is 12.4 Å². The molecule has 3 rings (SSSR count). The van der Waals surface area contributed by atoms with E-state index in [0.717, 1.165) is 42.9 Å². The van der Waals surface area contributed by atoms with Crippen LogP contribution in [-0.2, 0) is 19.0 Å². The summed E-state index contributed by atoms with van der Waals surface area (Å²) >= 11 is 1.88. The van der Waals surface area contributed by atoms with Crippen LogP contribution in [0, 0.1) is 6.92 Å². The predicted molar refractivity (Wildman–Crippen MR) is 138 cm³/mol. The molecule has 1 aromatic carbocycles. The summed E-state index contributed by atoms with van der Waals surface area (Å²) < 4.78 is 2.00. The Morgan fingerprint density at radius 3 is 2.53 bits per heavy atom. The molecule has 166 valence electrons. The monoisotopic (exact) mass is 542 g/mol. The van der Waals surface area contributed by atoms with Crippen molar-refractivity contribution in [2.45, 2.75) is 51.0 Å². The van der Waals surface area contributed by atoms with Gasteiger partial charge in [-0.1, -0.05) is 43.2 Å². The van der Waals surface area contributed by atoms with Gasteiger partial charge in [0, 0.05) is 25.6 Å². The Kier molecular flexibility index (Phi) is 10.4. The Hall–Kier alpha value is -1.29. The molecule has 0 aliphatic heterocycles. The maximum Gasteiger partial charge on any atom is 0.191 e. The first-order valence-electron chi connectivity index (χ1n) is 10.6. The van der Waals surface area contributed by atoms with Crippen LogP contribution < -0.4 is 10.6 Å². The van der Waals surface area contributed by atoms with Crippen LogP contribution in [0.15, 0.2) is 35.3 Å². The largest absolute Gasteiger partial charge is 0.356 e. The van der Waals surface area contributed by atoms with E-state index in [0.29, 0.717) is 6.54 Å². The second-order valence-electron chi connectivity index (χ2n) is 7.87. The highest BCUT2D eigenvalue weighted by molar-refractivity contribution is 14.0. The van der Waals surface area contributed by atoms with Crippen LogP contribution in [-0.4, -0.2) is 45.8 Å². The molecule has 0 amide bonds. The normalized spacial score (nSPS) is 15.6. The molecule has 2 aromatic rings. The molecule has 0 atom stereocenters. The van der Waals surface area contributed by atoms with E-state index in [-0.39, 0.29) is 29.4 Å². The first-order chi connectivity index (χ1) is 14.1. The van der Waals surface area contributed by atoms with E-state index in [1.807, 2.05) is 30.3 Å². The van der Waals surface area contributed by atoms with Crippen molar-refractivity contribution < 1.29 is 0 Å². The number of aryl methyl sites for hydroxylation is 1. The number of aliphatic imine (C=N–C) groups is 1. The van der Waals surface area contributed by atoms with Crippen molar-refractivity contribution in [1.82, 2.24) is 25.4 Å². The van der Waals surface area contributed by atoms with Crippen molar-refractivity contribution in [3.63, 3.8) is 0 Å². The van der Waals surface area contributed by atoms with Crippen molar-refractivity contribution in [2.75, 3.05) is 25.1 Å². The lowest BCUT2D eigenvalue weighted by molar-refractivity contribution is 0.431. The van der Waals surface area contributed by atoms with E-state index in [9.17, 15) is 0 Å². The van der Waals surface area contributed by atoms with Crippen molar-refractivity contribution >= 4 is 41.7 Å². The molecule has 0 unspecified atom stereocenters. The van der Waals surface area contributed by atoms with E-state index in [1.54, 1.807) is 0 Å². The molecule has 1 aliphatic carbocycles. The minimum Gasteiger partial charge on any atom is -0.356 e. The Bertz CT molecular complexity index is 786. The van der Waals surface area contributed by atoms with Crippen LogP contribution in [0.4, 0.5) is 0 Å². The van der Waals surface area contributed by atoms with E-state index in [4.69, 9.17) is 4.99 Å². The average molecular weight is 543 g/mol. The van der Waals surface area contributed by atoms with Gasteiger partial charge >= 0.3 is 0 Å². The number of hydrogen-bond acceptors (Lipinski definition) is 4. The van der Waals surface area contributed by atoms with Crippen LogP contribution in [0.1, 0.15) is 49.3 Å². The Balaban J connectivity index is 0.00000320. The summed E-state index contributed by atoms with van der Waals surface area (Å²) in [6, 6.07) is 11.0.